The second-order valence-corrected chi connectivity index (χ2v) is 4.03. The lowest BCUT2D eigenvalue weighted by molar-refractivity contribution is -0.200. The summed E-state index contributed by atoms with van der Waals surface area (Å²) in [7, 11) is 0. The van der Waals surface area contributed by atoms with Crippen molar-refractivity contribution in [2.24, 2.45) is 0 Å². The number of rotatable bonds is 4. The molecule has 17 heavy (non-hydrogen) atoms. The van der Waals surface area contributed by atoms with Gasteiger partial charge in [0.25, 0.3) is 0 Å². The van der Waals surface area contributed by atoms with Crippen molar-refractivity contribution in [3.8, 4) is 0 Å². The number of aliphatic hydroxyl groups excluding tert-OH is 4. The zero-order valence-corrected chi connectivity index (χ0v) is 9.22. The van der Waals surface area contributed by atoms with Crippen LogP contribution in [0.4, 0.5) is 0 Å². The summed E-state index contributed by atoms with van der Waals surface area (Å²) in [5, 5.41) is 48.5. The molecular weight excluding hydrogens is 234 g/mol. The zero-order valence-electron chi connectivity index (χ0n) is 9.22. The molecule has 1 aliphatic heterocycles. The molecule has 0 radical (unpaired) electrons. The van der Waals surface area contributed by atoms with E-state index in [0.29, 0.717) is 0 Å². The summed E-state index contributed by atoms with van der Waals surface area (Å²) in [5.41, 5.74) is 0. The van der Waals surface area contributed by atoms with E-state index in [0.717, 1.165) is 0 Å². The maximum atomic E-state index is 10.8. The molecule has 1 saturated heterocycles. The summed E-state index contributed by atoms with van der Waals surface area (Å²) >= 11 is 0. The molecule has 1 heterocycles. The van der Waals surface area contributed by atoms with Gasteiger partial charge in [-0.3, -0.25) is 10.1 Å². The van der Waals surface area contributed by atoms with Crippen LogP contribution in [-0.2, 0) is 9.53 Å². The average molecular weight is 251 g/mol. The smallest absolute Gasteiger partial charge is 0.323 e. The fourth-order valence-corrected chi connectivity index (χ4v) is 1.55. The van der Waals surface area contributed by atoms with Crippen molar-refractivity contribution in [1.82, 2.24) is 5.32 Å². The molecule has 1 rings (SSSR count). The Hall–Kier alpha value is -0.770. The lowest BCUT2D eigenvalue weighted by Gasteiger charge is -2.37. The minimum atomic E-state index is -1.47. The zero-order chi connectivity index (χ0) is 13.2. The van der Waals surface area contributed by atoms with Crippen molar-refractivity contribution >= 4 is 5.97 Å². The van der Waals surface area contributed by atoms with Gasteiger partial charge in [-0.1, -0.05) is 0 Å². The summed E-state index contributed by atoms with van der Waals surface area (Å²) in [5.74, 6) is -1.31. The van der Waals surface area contributed by atoms with Crippen LogP contribution < -0.4 is 5.32 Å². The van der Waals surface area contributed by atoms with Gasteiger partial charge in [0.05, 0.1) is 12.7 Å². The van der Waals surface area contributed by atoms with Crippen LogP contribution in [0.5, 0.6) is 0 Å². The molecular formula is C9H17NO7. The highest BCUT2D eigenvalue weighted by Crippen LogP contribution is 2.14. The van der Waals surface area contributed by atoms with Crippen LogP contribution in [0.15, 0.2) is 0 Å². The third kappa shape index (κ3) is 3.35. The molecule has 1 fully saturated rings. The van der Waals surface area contributed by atoms with Crippen molar-refractivity contribution < 1.29 is 35.1 Å². The van der Waals surface area contributed by atoms with E-state index in [9.17, 15) is 25.2 Å². The Morgan fingerprint density at radius 3 is 2.41 bits per heavy atom. The maximum Gasteiger partial charge on any atom is 0.323 e. The van der Waals surface area contributed by atoms with Gasteiger partial charge in [-0.15, -0.1) is 0 Å². The van der Waals surface area contributed by atoms with E-state index < -0.39 is 42.7 Å². The molecule has 0 aromatic rings. The Bertz CT molecular complexity index is 272. The lowest BCUT2D eigenvalue weighted by atomic mass is 10.0. The number of carboxylic acid groups (broad SMARTS) is 1. The van der Waals surface area contributed by atoms with Gasteiger partial charge in [0.15, 0.2) is 0 Å². The predicted octanol–water partition coefficient (Wildman–Crippen LogP) is -3.15. The molecule has 1 aliphatic rings. The normalized spacial score (nSPS) is 37.5. The number of hydrogen-bond donors (Lipinski definition) is 6. The highest BCUT2D eigenvalue weighted by molar-refractivity contribution is 5.74. The van der Waals surface area contributed by atoms with Crippen LogP contribution in [0.2, 0.25) is 0 Å². The quantitative estimate of drug-likeness (QED) is 0.308. The topological polar surface area (TPSA) is 139 Å². The molecule has 6 atom stereocenters. The molecule has 8 nitrogen and oxygen atoms in total. The van der Waals surface area contributed by atoms with Crippen molar-refractivity contribution in [2.75, 3.05) is 6.61 Å². The molecule has 0 spiro atoms. The third-order valence-corrected chi connectivity index (χ3v) is 2.59. The Morgan fingerprint density at radius 1 is 1.35 bits per heavy atom. The molecule has 6 N–H and O–H groups in total. The number of aliphatic hydroxyl groups is 4. The van der Waals surface area contributed by atoms with Gasteiger partial charge < -0.3 is 30.3 Å². The first-order valence-corrected chi connectivity index (χ1v) is 5.17. The number of carbonyl (C=O) groups is 1. The second kappa shape index (κ2) is 5.71. The van der Waals surface area contributed by atoms with Gasteiger partial charge in [0.1, 0.15) is 30.6 Å². The summed E-state index contributed by atoms with van der Waals surface area (Å²) in [6.07, 6.45) is -6.49. The van der Waals surface area contributed by atoms with E-state index in [1.165, 1.54) is 6.92 Å². The first kappa shape index (κ1) is 14.3. The van der Waals surface area contributed by atoms with Crippen molar-refractivity contribution in [2.45, 2.75) is 43.6 Å². The molecule has 0 saturated carbocycles. The highest BCUT2D eigenvalue weighted by atomic mass is 16.5. The molecule has 0 aliphatic carbocycles. The molecule has 0 amide bonds. The van der Waals surface area contributed by atoms with E-state index in [1.54, 1.807) is 0 Å². The second-order valence-electron chi connectivity index (χ2n) is 4.03. The molecule has 1 unspecified atom stereocenters. The summed E-state index contributed by atoms with van der Waals surface area (Å²) in [4.78, 5) is 10.8. The van der Waals surface area contributed by atoms with Crippen LogP contribution in [0, 0.1) is 0 Å². The Morgan fingerprint density at radius 2 is 1.94 bits per heavy atom. The van der Waals surface area contributed by atoms with Crippen LogP contribution in [0.1, 0.15) is 6.92 Å². The van der Waals surface area contributed by atoms with Crippen molar-refractivity contribution in [3.05, 3.63) is 0 Å². The van der Waals surface area contributed by atoms with E-state index in [4.69, 9.17) is 9.84 Å². The van der Waals surface area contributed by atoms with Crippen LogP contribution in [-0.4, -0.2) is 74.8 Å². The minimum Gasteiger partial charge on any atom is -0.480 e. The Kier molecular flexibility index (Phi) is 4.80. The third-order valence-electron chi connectivity index (χ3n) is 2.59. The number of nitrogens with one attached hydrogen (secondary N) is 1. The van der Waals surface area contributed by atoms with Crippen molar-refractivity contribution in [3.63, 3.8) is 0 Å². The van der Waals surface area contributed by atoms with Gasteiger partial charge in [0, 0.05) is 0 Å². The number of carboxylic acids is 1. The SMILES string of the molecule is C[C@@H](O)[C@H](NC1OC[C@@H](O)[C@H](O)[C@H]1O)C(=O)O. The summed E-state index contributed by atoms with van der Waals surface area (Å²) in [6.45, 7) is 1.04. The fourth-order valence-electron chi connectivity index (χ4n) is 1.55. The first-order valence-electron chi connectivity index (χ1n) is 5.17. The van der Waals surface area contributed by atoms with Crippen LogP contribution >= 0.6 is 0 Å². The summed E-state index contributed by atoms with van der Waals surface area (Å²) in [6, 6.07) is -1.34. The Labute approximate surface area is 97.4 Å². The van der Waals surface area contributed by atoms with E-state index in [1.807, 2.05) is 0 Å². The average Bonchev–Trinajstić information content (AvgIpc) is 2.24. The van der Waals surface area contributed by atoms with Gasteiger partial charge in [0.2, 0.25) is 0 Å². The van der Waals surface area contributed by atoms with Gasteiger partial charge >= 0.3 is 5.97 Å². The fraction of sp³-hybridized carbons (Fsp3) is 0.889. The number of ether oxygens (including phenoxy) is 1. The van der Waals surface area contributed by atoms with Gasteiger partial charge in [-0.25, -0.2) is 0 Å². The standard InChI is InChI=1S/C9H17NO7/c1-3(11)5(9(15)16)10-8-7(14)6(13)4(12)2-17-8/h3-8,10-14H,2H2,1H3,(H,15,16)/t3-,4-,5+,6+,7-,8?/m1/s1. The molecule has 100 valence electrons. The molecule has 0 bridgehead atoms. The van der Waals surface area contributed by atoms with Crippen LogP contribution in [0.25, 0.3) is 0 Å². The lowest BCUT2D eigenvalue weighted by Crippen LogP contribution is -2.62. The predicted molar refractivity (Wildman–Crippen MR) is 54.0 cm³/mol. The van der Waals surface area contributed by atoms with E-state index in [2.05, 4.69) is 5.32 Å². The van der Waals surface area contributed by atoms with Crippen LogP contribution in [0.3, 0.4) is 0 Å². The monoisotopic (exact) mass is 251 g/mol. The number of hydrogen-bond acceptors (Lipinski definition) is 7. The maximum absolute atomic E-state index is 10.8. The minimum absolute atomic E-state index is 0.234. The molecule has 0 aromatic carbocycles. The molecule has 0 aromatic heterocycles. The highest BCUT2D eigenvalue weighted by Gasteiger charge is 2.40. The van der Waals surface area contributed by atoms with Gasteiger partial charge in [-0.05, 0) is 6.92 Å². The van der Waals surface area contributed by atoms with Crippen molar-refractivity contribution in [1.29, 1.82) is 0 Å². The Balaban J connectivity index is 2.64. The van der Waals surface area contributed by atoms with Gasteiger partial charge in [-0.2, -0.15) is 0 Å². The molecule has 8 heteroatoms. The number of aliphatic carboxylic acids is 1. The largest absolute Gasteiger partial charge is 0.480 e. The van der Waals surface area contributed by atoms with E-state index >= 15 is 0 Å². The first-order chi connectivity index (χ1) is 7.84. The summed E-state index contributed by atoms with van der Waals surface area (Å²) < 4.78 is 4.96. The van der Waals surface area contributed by atoms with E-state index in [-0.39, 0.29) is 6.61 Å².